The summed E-state index contributed by atoms with van der Waals surface area (Å²) in [7, 11) is 1.74. The summed E-state index contributed by atoms with van der Waals surface area (Å²) >= 11 is 0. The summed E-state index contributed by atoms with van der Waals surface area (Å²) in [5.41, 5.74) is 1.04. The maximum absolute atomic E-state index is 13.0. The third-order valence-electron chi connectivity index (χ3n) is 2.49. The molecule has 0 fully saturated rings. The Kier molecular flexibility index (Phi) is 3.19. The quantitative estimate of drug-likeness (QED) is 0.887. The third-order valence-corrected chi connectivity index (χ3v) is 2.49. The van der Waals surface area contributed by atoms with E-state index in [2.05, 4.69) is 5.10 Å². The van der Waals surface area contributed by atoms with E-state index in [1.807, 2.05) is 0 Å². The lowest BCUT2D eigenvalue weighted by atomic mass is 10.1. The van der Waals surface area contributed by atoms with E-state index in [0.717, 1.165) is 12.1 Å². The second-order valence-corrected chi connectivity index (χ2v) is 3.88. The van der Waals surface area contributed by atoms with Gasteiger partial charge < -0.3 is 5.11 Å². The molecule has 90 valence electrons. The van der Waals surface area contributed by atoms with Crippen molar-refractivity contribution >= 4 is 0 Å². The predicted octanol–water partition coefficient (Wildman–Crippen LogP) is 1.97. The fraction of sp³-hybridized carbons (Fsp3) is 0.250. The van der Waals surface area contributed by atoms with Crippen LogP contribution in [0.1, 0.15) is 17.4 Å². The van der Waals surface area contributed by atoms with Crippen molar-refractivity contribution in [3.63, 3.8) is 0 Å². The zero-order valence-corrected chi connectivity index (χ0v) is 9.27. The van der Waals surface area contributed by atoms with E-state index >= 15 is 0 Å². The Morgan fingerprint density at radius 1 is 1.29 bits per heavy atom. The molecular weight excluding hydrogens is 226 g/mol. The number of aromatic nitrogens is 2. The zero-order valence-electron chi connectivity index (χ0n) is 9.27. The summed E-state index contributed by atoms with van der Waals surface area (Å²) in [6.07, 6.45) is 1.10. The number of aliphatic hydroxyl groups is 1. The van der Waals surface area contributed by atoms with Gasteiger partial charge in [0.2, 0.25) is 0 Å². The van der Waals surface area contributed by atoms with Crippen molar-refractivity contribution in [2.45, 2.75) is 12.5 Å². The summed E-state index contributed by atoms with van der Waals surface area (Å²) in [5, 5.41) is 13.9. The van der Waals surface area contributed by atoms with Gasteiger partial charge in [0.05, 0.1) is 5.69 Å². The van der Waals surface area contributed by atoms with Crippen LogP contribution in [0, 0.1) is 11.6 Å². The highest BCUT2D eigenvalue weighted by atomic mass is 19.2. The maximum atomic E-state index is 13.0. The van der Waals surface area contributed by atoms with Crippen LogP contribution in [0.25, 0.3) is 0 Å². The monoisotopic (exact) mass is 238 g/mol. The number of nitrogens with zero attached hydrogens (tertiary/aromatic N) is 2. The molecule has 0 aliphatic rings. The number of aryl methyl sites for hydroxylation is 1. The average molecular weight is 238 g/mol. The molecule has 1 unspecified atom stereocenters. The molecule has 0 saturated carbocycles. The average Bonchev–Trinajstić information content (AvgIpc) is 2.70. The van der Waals surface area contributed by atoms with E-state index in [9.17, 15) is 13.9 Å². The van der Waals surface area contributed by atoms with Gasteiger partial charge >= 0.3 is 0 Å². The van der Waals surface area contributed by atoms with Crippen LogP contribution in [0.3, 0.4) is 0 Å². The van der Waals surface area contributed by atoms with Gasteiger partial charge in [0.15, 0.2) is 11.6 Å². The van der Waals surface area contributed by atoms with E-state index in [1.165, 1.54) is 6.07 Å². The molecule has 1 atom stereocenters. The molecule has 0 saturated heterocycles. The molecule has 0 aliphatic carbocycles. The highest BCUT2D eigenvalue weighted by Crippen LogP contribution is 2.18. The van der Waals surface area contributed by atoms with Gasteiger partial charge in [-0.1, -0.05) is 6.07 Å². The van der Waals surface area contributed by atoms with Crippen LogP contribution in [-0.2, 0) is 13.5 Å². The topological polar surface area (TPSA) is 38.0 Å². The molecule has 0 radical (unpaired) electrons. The van der Waals surface area contributed by atoms with Gasteiger partial charge in [-0.25, -0.2) is 8.78 Å². The standard InChI is InChI=1S/C12H12F2N2O/c1-16-5-4-11(15-16)12(17)7-8-2-3-9(13)10(14)6-8/h2-6,12,17H,7H2,1H3. The minimum atomic E-state index is -0.907. The number of hydrogen-bond donors (Lipinski definition) is 1. The zero-order chi connectivity index (χ0) is 12.4. The van der Waals surface area contributed by atoms with Crippen LogP contribution in [0.4, 0.5) is 8.78 Å². The smallest absolute Gasteiger partial charge is 0.159 e. The Morgan fingerprint density at radius 3 is 2.65 bits per heavy atom. The first-order chi connectivity index (χ1) is 8.06. The molecule has 3 nitrogen and oxygen atoms in total. The lowest BCUT2D eigenvalue weighted by Gasteiger charge is -2.08. The van der Waals surface area contributed by atoms with Crippen molar-refractivity contribution in [2.75, 3.05) is 0 Å². The van der Waals surface area contributed by atoms with Crippen molar-refractivity contribution in [1.82, 2.24) is 9.78 Å². The molecule has 5 heteroatoms. The molecule has 1 aromatic carbocycles. The molecule has 1 aromatic heterocycles. The van der Waals surface area contributed by atoms with Gasteiger partial charge in [-0.3, -0.25) is 4.68 Å². The van der Waals surface area contributed by atoms with Crippen LogP contribution in [0.2, 0.25) is 0 Å². The van der Waals surface area contributed by atoms with E-state index in [-0.39, 0.29) is 6.42 Å². The van der Waals surface area contributed by atoms with E-state index in [4.69, 9.17) is 0 Å². The van der Waals surface area contributed by atoms with Crippen molar-refractivity contribution < 1.29 is 13.9 Å². The summed E-state index contributed by atoms with van der Waals surface area (Å²) in [5.74, 6) is -1.79. The van der Waals surface area contributed by atoms with Crippen LogP contribution in [-0.4, -0.2) is 14.9 Å². The second kappa shape index (κ2) is 4.63. The van der Waals surface area contributed by atoms with E-state index in [1.54, 1.807) is 24.0 Å². The Hall–Kier alpha value is -1.75. The molecule has 2 aromatic rings. The van der Waals surface area contributed by atoms with Crippen molar-refractivity contribution in [2.24, 2.45) is 7.05 Å². The lowest BCUT2D eigenvalue weighted by molar-refractivity contribution is 0.172. The summed E-state index contributed by atoms with van der Waals surface area (Å²) in [6, 6.07) is 5.27. The van der Waals surface area contributed by atoms with Gasteiger partial charge in [0, 0.05) is 19.7 Å². The summed E-state index contributed by atoms with van der Waals surface area (Å²) in [6.45, 7) is 0. The van der Waals surface area contributed by atoms with E-state index < -0.39 is 17.7 Å². The normalized spacial score (nSPS) is 12.7. The minimum absolute atomic E-state index is 0.203. The summed E-state index contributed by atoms with van der Waals surface area (Å²) in [4.78, 5) is 0. The highest BCUT2D eigenvalue weighted by Gasteiger charge is 2.12. The molecule has 0 aliphatic heterocycles. The van der Waals surface area contributed by atoms with Gasteiger partial charge in [-0.2, -0.15) is 5.10 Å². The number of aliphatic hydroxyl groups excluding tert-OH is 1. The molecule has 0 bridgehead atoms. The first-order valence-electron chi connectivity index (χ1n) is 5.18. The van der Waals surface area contributed by atoms with Crippen molar-refractivity contribution in [3.8, 4) is 0 Å². The first-order valence-corrected chi connectivity index (χ1v) is 5.18. The van der Waals surface area contributed by atoms with Gasteiger partial charge in [-0.05, 0) is 23.8 Å². The Balaban J connectivity index is 2.12. The fourth-order valence-corrected chi connectivity index (χ4v) is 1.61. The van der Waals surface area contributed by atoms with Crippen molar-refractivity contribution in [1.29, 1.82) is 0 Å². The van der Waals surface area contributed by atoms with Crippen LogP contribution < -0.4 is 0 Å². The van der Waals surface area contributed by atoms with Gasteiger partial charge in [-0.15, -0.1) is 0 Å². The Labute approximate surface area is 97.3 Å². The lowest BCUT2D eigenvalue weighted by Crippen LogP contribution is -2.04. The molecule has 0 amide bonds. The number of hydrogen-bond acceptors (Lipinski definition) is 2. The SMILES string of the molecule is Cn1ccc(C(O)Cc2ccc(F)c(F)c2)n1. The van der Waals surface area contributed by atoms with Crippen molar-refractivity contribution in [3.05, 3.63) is 53.4 Å². The molecule has 0 spiro atoms. The first kappa shape index (κ1) is 11.7. The Bertz CT molecular complexity index is 525. The molecule has 17 heavy (non-hydrogen) atoms. The largest absolute Gasteiger partial charge is 0.386 e. The minimum Gasteiger partial charge on any atom is -0.386 e. The molecule has 1 heterocycles. The highest BCUT2D eigenvalue weighted by molar-refractivity contribution is 5.20. The fourth-order valence-electron chi connectivity index (χ4n) is 1.61. The van der Waals surface area contributed by atoms with Gasteiger partial charge in [0.25, 0.3) is 0 Å². The van der Waals surface area contributed by atoms with Crippen LogP contribution in [0.15, 0.2) is 30.5 Å². The van der Waals surface area contributed by atoms with Crippen LogP contribution in [0.5, 0.6) is 0 Å². The third kappa shape index (κ3) is 2.68. The van der Waals surface area contributed by atoms with Gasteiger partial charge in [0.1, 0.15) is 6.10 Å². The molecule has 1 N–H and O–H groups in total. The molecular formula is C12H12F2N2O. The maximum Gasteiger partial charge on any atom is 0.159 e. The van der Waals surface area contributed by atoms with E-state index in [0.29, 0.717) is 11.3 Å². The van der Waals surface area contributed by atoms with Crippen LogP contribution >= 0.6 is 0 Å². The number of benzene rings is 1. The number of halogens is 2. The predicted molar refractivity (Wildman–Crippen MR) is 58.2 cm³/mol. The Morgan fingerprint density at radius 2 is 2.06 bits per heavy atom. The number of rotatable bonds is 3. The summed E-state index contributed by atoms with van der Waals surface area (Å²) < 4.78 is 27.2. The molecule has 2 rings (SSSR count). The second-order valence-electron chi connectivity index (χ2n) is 3.88.